The van der Waals surface area contributed by atoms with Crippen molar-refractivity contribution in [1.82, 2.24) is 5.32 Å². The molecule has 0 atom stereocenters. The van der Waals surface area contributed by atoms with Gasteiger partial charge in [-0.15, -0.1) is 0 Å². The third-order valence-corrected chi connectivity index (χ3v) is 2.25. The summed E-state index contributed by atoms with van der Waals surface area (Å²) in [4.78, 5) is 22.7. The van der Waals surface area contributed by atoms with Crippen molar-refractivity contribution in [3.8, 4) is 0 Å². The van der Waals surface area contributed by atoms with E-state index in [1.54, 1.807) is 13.0 Å². The molecule has 17 heavy (non-hydrogen) atoms. The molecule has 0 aliphatic carbocycles. The Bertz CT molecular complexity index is 435. The van der Waals surface area contributed by atoms with Crippen LogP contribution in [-0.2, 0) is 9.53 Å². The number of hydrogen-bond donors (Lipinski definition) is 2. The normalized spacial score (nSPS) is 9.76. The second kappa shape index (κ2) is 6.10. The van der Waals surface area contributed by atoms with Gasteiger partial charge in [0.15, 0.2) is 6.61 Å². The summed E-state index contributed by atoms with van der Waals surface area (Å²) in [5.41, 5.74) is 6.07. The lowest BCUT2D eigenvalue weighted by Gasteiger charge is -2.06. The number of halogens is 1. The molecule has 0 heterocycles. The number of likely N-dealkylation sites (N-methyl/N-ethyl adjacent to an activating group) is 1. The number of carbonyl (C=O) groups is 2. The molecular formula is C11H13ClN2O3. The predicted octanol–water partition coefficient (Wildman–Crippen LogP) is 1.22. The van der Waals surface area contributed by atoms with Crippen molar-refractivity contribution >= 4 is 29.2 Å². The van der Waals surface area contributed by atoms with Crippen LogP contribution in [0.3, 0.4) is 0 Å². The fraction of sp³-hybridized carbons (Fsp3) is 0.273. The summed E-state index contributed by atoms with van der Waals surface area (Å²) < 4.78 is 4.79. The number of anilines is 1. The Kier molecular flexibility index (Phi) is 4.78. The van der Waals surface area contributed by atoms with Crippen LogP contribution in [0.25, 0.3) is 0 Å². The lowest BCUT2D eigenvalue weighted by Crippen LogP contribution is -2.28. The van der Waals surface area contributed by atoms with Gasteiger partial charge in [-0.1, -0.05) is 11.6 Å². The molecule has 0 aliphatic rings. The van der Waals surface area contributed by atoms with Gasteiger partial charge in [-0.2, -0.15) is 0 Å². The second-order valence-electron chi connectivity index (χ2n) is 3.27. The van der Waals surface area contributed by atoms with Gasteiger partial charge < -0.3 is 15.8 Å². The average molecular weight is 257 g/mol. The minimum Gasteiger partial charge on any atom is -0.452 e. The number of nitrogen functional groups attached to an aromatic ring is 1. The zero-order valence-corrected chi connectivity index (χ0v) is 10.1. The monoisotopic (exact) mass is 256 g/mol. The molecule has 0 bridgehead atoms. The molecule has 0 saturated carbocycles. The molecule has 0 spiro atoms. The van der Waals surface area contributed by atoms with Crippen LogP contribution in [0.2, 0.25) is 5.02 Å². The van der Waals surface area contributed by atoms with Gasteiger partial charge in [-0.05, 0) is 25.1 Å². The number of ether oxygens (including phenoxy) is 1. The maximum Gasteiger partial charge on any atom is 0.340 e. The molecule has 1 aromatic rings. The smallest absolute Gasteiger partial charge is 0.340 e. The summed E-state index contributed by atoms with van der Waals surface area (Å²) in [6.45, 7) is 1.92. The summed E-state index contributed by atoms with van der Waals surface area (Å²) in [5.74, 6) is -1.03. The van der Waals surface area contributed by atoms with Crippen LogP contribution >= 0.6 is 11.6 Å². The van der Waals surface area contributed by atoms with Crippen LogP contribution in [-0.4, -0.2) is 25.0 Å². The number of amides is 1. The topological polar surface area (TPSA) is 81.4 Å². The molecule has 3 N–H and O–H groups in total. The van der Waals surface area contributed by atoms with E-state index in [1.807, 2.05) is 0 Å². The summed E-state index contributed by atoms with van der Waals surface area (Å²) in [6, 6.07) is 4.48. The lowest BCUT2D eigenvalue weighted by atomic mass is 10.2. The van der Waals surface area contributed by atoms with Crippen molar-refractivity contribution in [3.63, 3.8) is 0 Å². The predicted molar refractivity (Wildman–Crippen MR) is 64.8 cm³/mol. The van der Waals surface area contributed by atoms with Gasteiger partial charge in [0.05, 0.1) is 10.6 Å². The summed E-state index contributed by atoms with van der Waals surface area (Å²) in [5, 5.41) is 2.74. The highest BCUT2D eigenvalue weighted by Crippen LogP contribution is 2.19. The SMILES string of the molecule is CCNC(=O)COC(=O)c1cc(N)ccc1Cl. The molecular weight excluding hydrogens is 244 g/mol. The quantitative estimate of drug-likeness (QED) is 0.627. The summed E-state index contributed by atoms with van der Waals surface area (Å²) in [6.07, 6.45) is 0. The number of nitrogens with two attached hydrogens (primary N) is 1. The number of nitrogens with one attached hydrogen (secondary N) is 1. The highest BCUT2D eigenvalue weighted by molar-refractivity contribution is 6.33. The van der Waals surface area contributed by atoms with Gasteiger partial charge in [0, 0.05) is 12.2 Å². The number of benzene rings is 1. The molecule has 0 radical (unpaired) electrons. The minimum atomic E-state index is -0.673. The lowest BCUT2D eigenvalue weighted by molar-refractivity contribution is -0.124. The molecule has 0 fully saturated rings. The second-order valence-corrected chi connectivity index (χ2v) is 3.68. The minimum absolute atomic E-state index is 0.149. The Hall–Kier alpha value is -1.75. The van der Waals surface area contributed by atoms with Crippen molar-refractivity contribution in [3.05, 3.63) is 28.8 Å². The van der Waals surface area contributed by atoms with Crippen molar-refractivity contribution in [2.24, 2.45) is 0 Å². The molecule has 1 aromatic carbocycles. The first-order valence-electron chi connectivity index (χ1n) is 5.03. The molecule has 92 valence electrons. The summed E-state index contributed by atoms with van der Waals surface area (Å²) >= 11 is 5.81. The van der Waals surface area contributed by atoms with Gasteiger partial charge in [-0.3, -0.25) is 4.79 Å². The Labute approximate surface area is 104 Å². The molecule has 1 rings (SSSR count). The van der Waals surface area contributed by atoms with Gasteiger partial charge in [0.25, 0.3) is 5.91 Å². The van der Waals surface area contributed by atoms with Gasteiger partial charge in [-0.25, -0.2) is 4.79 Å². The van der Waals surface area contributed by atoms with Gasteiger partial charge in [0.2, 0.25) is 0 Å². The zero-order valence-electron chi connectivity index (χ0n) is 9.33. The number of esters is 1. The van der Waals surface area contributed by atoms with E-state index >= 15 is 0 Å². The van der Waals surface area contributed by atoms with Crippen molar-refractivity contribution in [2.75, 3.05) is 18.9 Å². The van der Waals surface area contributed by atoms with E-state index in [-0.39, 0.29) is 23.1 Å². The Morgan fingerprint density at radius 1 is 1.47 bits per heavy atom. The highest BCUT2D eigenvalue weighted by Gasteiger charge is 2.13. The fourth-order valence-corrected chi connectivity index (χ4v) is 1.35. The number of hydrogen-bond acceptors (Lipinski definition) is 4. The zero-order chi connectivity index (χ0) is 12.8. The van der Waals surface area contributed by atoms with Crippen molar-refractivity contribution < 1.29 is 14.3 Å². The van der Waals surface area contributed by atoms with Crippen molar-refractivity contribution in [2.45, 2.75) is 6.92 Å². The van der Waals surface area contributed by atoms with Crippen LogP contribution in [0.1, 0.15) is 17.3 Å². The van der Waals surface area contributed by atoms with Crippen LogP contribution < -0.4 is 11.1 Å². The fourth-order valence-electron chi connectivity index (χ4n) is 1.16. The van der Waals surface area contributed by atoms with E-state index in [0.717, 1.165) is 0 Å². The first-order chi connectivity index (χ1) is 8.04. The number of carbonyl (C=O) groups excluding carboxylic acids is 2. The Morgan fingerprint density at radius 2 is 2.18 bits per heavy atom. The maximum atomic E-state index is 11.6. The van der Waals surface area contributed by atoms with E-state index in [9.17, 15) is 9.59 Å². The molecule has 0 aromatic heterocycles. The van der Waals surface area contributed by atoms with Crippen LogP contribution in [0, 0.1) is 0 Å². The van der Waals surface area contributed by atoms with Crippen LogP contribution in [0.4, 0.5) is 5.69 Å². The van der Waals surface area contributed by atoms with Gasteiger partial charge in [0.1, 0.15) is 0 Å². The van der Waals surface area contributed by atoms with E-state index in [4.69, 9.17) is 22.1 Å². The number of rotatable bonds is 4. The van der Waals surface area contributed by atoms with Crippen LogP contribution in [0.5, 0.6) is 0 Å². The van der Waals surface area contributed by atoms with E-state index in [0.29, 0.717) is 12.2 Å². The molecule has 6 heteroatoms. The Morgan fingerprint density at radius 3 is 2.82 bits per heavy atom. The maximum absolute atomic E-state index is 11.6. The van der Waals surface area contributed by atoms with E-state index in [2.05, 4.69) is 5.32 Å². The van der Waals surface area contributed by atoms with Crippen molar-refractivity contribution in [1.29, 1.82) is 0 Å². The largest absolute Gasteiger partial charge is 0.452 e. The first kappa shape index (κ1) is 13.3. The molecule has 0 saturated heterocycles. The van der Waals surface area contributed by atoms with Crippen LogP contribution in [0.15, 0.2) is 18.2 Å². The third-order valence-electron chi connectivity index (χ3n) is 1.92. The highest BCUT2D eigenvalue weighted by atomic mass is 35.5. The van der Waals surface area contributed by atoms with Gasteiger partial charge >= 0.3 is 5.97 Å². The molecule has 0 aliphatic heterocycles. The third kappa shape index (κ3) is 3.96. The Balaban J connectivity index is 2.64. The molecule has 1 amide bonds. The standard InChI is InChI=1S/C11H13ClN2O3/c1-2-14-10(15)6-17-11(16)8-5-7(13)3-4-9(8)12/h3-5H,2,6,13H2,1H3,(H,14,15). The molecule has 5 nitrogen and oxygen atoms in total. The first-order valence-corrected chi connectivity index (χ1v) is 5.41. The molecule has 0 unspecified atom stereocenters. The average Bonchev–Trinajstić information content (AvgIpc) is 2.29. The van der Waals surface area contributed by atoms with E-state index < -0.39 is 5.97 Å². The summed E-state index contributed by atoms with van der Waals surface area (Å²) in [7, 11) is 0. The van der Waals surface area contributed by atoms with E-state index in [1.165, 1.54) is 12.1 Å².